The minimum atomic E-state index is -3.76. The molecule has 0 saturated heterocycles. The fourth-order valence-corrected chi connectivity index (χ4v) is 3.74. The fourth-order valence-electron chi connectivity index (χ4n) is 3.06. The highest BCUT2D eigenvalue weighted by Gasteiger charge is 2.31. The highest BCUT2D eigenvalue weighted by Crippen LogP contribution is 2.25. The molecule has 1 aliphatic rings. The number of non-ortho nitro benzene ring substituents is 1. The second-order valence-corrected chi connectivity index (χ2v) is 8.42. The van der Waals surface area contributed by atoms with Gasteiger partial charge < -0.3 is 10.4 Å². The van der Waals surface area contributed by atoms with Crippen LogP contribution in [0.25, 0.3) is 0 Å². The number of aliphatic carboxylic acids is 1. The van der Waals surface area contributed by atoms with E-state index in [1.54, 1.807) is 0 Å². The predicted molar refractivity (Wildman–Crippen MR) is 91.7 cm³/mol. The van der Waals surface area contributed by atoms with Crippen LogP contribution in [0, 0.1) is 16.0 Å². The van der Waals surface area contributed by atoms with Crippen molar-refractivity contribution >= 4 is 27.4 Å². The van der Waals surface area contributed by atoms with Crippen LogP contribution in [0.3, 0.4) is 0 Å². The first-order valence-corrected chi connectivity index (χ1v) is 10.0. The van der Waals surface area contributed by atoms with E-state index in [0.717, 1.165) is 43.7 Å². The number of hydrogen-bond donors (Lipinski definition) is 2. The zero-order valence-corrected chi connectivity index (χ0v) is 15.0. The first-order valence-electron chi connectivity index (χ1n) is 8.13. The molecule has 0 radical (unpaired) electrons. The molecular weight excluding hydrogens is 364 g/mol. The van der Waals surface area contributed by atoms with E-state index in [1.165, 1.54) is 0 Å². The Bertz CT molecular complexity index is 835. The molecule has 1 saturated carbocycles. The van der Waals surface area contributed by atoms with Crippen LogP contribution in [0.2, 0.25) is 0 Å². The SMILES string of the molecule is CS(=O)(=O)c1cc(C(=O)N[C@H]2CCCCC[C@H]2C(=O)O)cc([N+](=O)[O-])c1. The third-order valence-electron chi connectivity index (χ3n) is 4.44. The van der Waals surface area contributed by atoms with Gasteiger partial charge in [0.05, 0.1) is 15.7 Å². The number of nitrogens with zero attached hydrogens (tertiary/aromatic N) is 1. The van der Waals surface area contributed by atoms with Gasteiger partial charge in [-0.05, 0) is 18.9 Å². The standard InChI is InChI=1S/C16H20N2O7S/c1-26(24,25)12-8-10(7-11(9-12)18(22)23)15(19)17-14-6-4-2-3-5-13(14)16(20)21/h7-9,13-14H,2-6H2,1H3,(H,17,19)(H,20,21)/t13-,14+/m1/s1. The summed E-state index contributed by atoms with van der Waals surface area (Å²) < 4.78 is 23.5. The van der Waals surface area contributed by atoms with E-state index < -0.39 is 44.3 Å². The molecule has 0 heterocycles. The van der Waals surface area contributed by atoms with E-state index in [4.69, 9.17) is 0 Å². The third kappa shape index (κ3) is 4.78. The maximum absolute atomic E-state index is 12.5. The van der Waals surface area contributed by atoms with Gasteiger partial charge in [0.15, 0.2) is 9.84 Å². The number of rotatable bonds is 5. The van der Waals surface area contributed by atoms with E-state index in [9.17, 15) is 33.2 Å². The van der Waals surface area contributed by atoms with Crippen LogP contribution in [0.15, 0.2) is 23.1 Å². The molecule has 26 heavy (non-hydrogen) atoms. The maximum atomic E-state index is 12.5. The molecule has 0 aliphatic heterocycles. The van der Waals surface area contributed by atoms with Gasteiger partial charge >= 0.3 is 5.97 Å². The summed E-state index contributed by atoms with van der Waals surface area (Å²) >= 11 is 0. The Morgan fingerprint density at radius 2 is 1.85 bits per heavy atom. The minimum absolute atomic E-state index is 0.187. The lowest BCUT2D eigenvalue weighted by Crippen LogP contribution is -2.42. The Balaban J connectivity index is 2.34. The van der Waals surface area contributed by atoms with Crippen LogP contribution in [0.4, 0.5) is 5.69 Å². The molecule has 9 nitrogen and oxygen atoms in total. The van der Waals surface area contributed by atoms with Crippen molar-refractivity contribution in [2.45, 2.75) is 43.0 Å². The number of carboxylic acid groups (broad SMARTS) is 1. The predicted octanol–water partition coefficient (Wildman–Crippen LogP) is 1.76. The average Bonchev–Trinajstić information content (AvgIpc) is 2.79. The number of benzene rings is 1. The number of nitrogens with one attached hydrogen (secondary N) is 1. The average molecular weight is 384 g/mol. The minimum Gasteiger partial charge on any atom is -0.481 e. The van der Waals surface area contributed by atoms with Crippen LogP contribution >= 0.6 is 0 Å². The van der Waals surface area contributed by atoms with Gasteiger partial charge in [0.1, 0.15) is 0 Å². The molecule has 2 atom stereocenters. The van der Waals surface area contributed by atoms with Crippen LogP contribution < -0.4 is 5.32 Å². The molecule has 0 spiro atoms. The van der Waals surface area contributed by atoms with Gasteiger partial charge in [-0.3, -0.25) is 19.7 Å². The van der Waals surface area contributed by atoms with E-state index in [2.05, 4.69) is 5.32 Å². The number of carbonyl (C=O) groups excluding carboxylic acids is 1. The van der Waals surface area contributed by atoms with Gasteiger partial charge in [0.25, 0.3) is 11.6 Å². The molecule has 2 N–H and O–H groups in total. The zero-order valence-electron chi connectivity index (χ0n) is 14.2. The number of carbonyl (C=O) groups is 2. The number of nitro groups is 1. The van der Waals surface area contributed by atoms with E-state index >= 15 is 0 Å². The number of sulfone groups is 1. The van der Waals surface area contributed by atoms with Crippen molar-refractivity contribution in [3.05, 3.63) is 33.9 Å². The van der Waals surface area contributed by atoms with Crippen molar-refractivity contribution < 1.29 is 28.0 Å². The highest BCUT2D eigenvalue weighted by molar-refractivity contribution is 7.90. The highest BCUT2D eigenvalue weighted by atomic mass is 32.2. The molecule has 2 rings (SSSR count). The maximum Gasteiger partial charge on any atom is 0.308 e. The van der Waals surface area contributed by atoms with Gasteiger partial charge in [-0.1, -0.05) is 19.3 Å². The second kappa shape index (κ2) is 7.81. The van der Waals surface area contributed by atoms with Crippen molar-refractivity contribution in [1.29, 1.82) is 0 Å². The van der Waals surface area contributed by atoms with Crippen molar-refractivity contribution in [2.75, 3.05) is 6.26 Å². The molecule has 10 heteroatoms. The number of amides is 1. The first kappa shape index (κ1) is 19.8. The lowest BCUT2D eigenvalue weighted by atomic mass is 9.94. The molecule has 0 aromatic heterocycles. The normalized spacial score (nSPS) is 20.8. The number of carboxylic acids is 1. The molecule has 142 valence electrons. The molecule has 1 aromatic carbocycles. The fraction of sp³-hybridized carbons (Fsp3) is 0.500. The summed E-state index contributed by atoms with van der Waals surface area (Å²) in [6.45, 7) is 0. The monoisotopic (exact) mass is 384 g/mol. The third-order valence-corrected chi connectivity index (χ3v) is 5.53. The van der Waals surface area contributed by atoms with Gasteiger partial charge in [0.2, 0.25) is 0 Å². The number of nitro benzene ring substituents is 1. The molecule has 1 aliphatic carbocycles. The molecular formula is C16H20N2O7S. The van der Waals surface area contributed by atoms with Gasteiger partial charge in [-0.25, -0.2) is 8.42 Å². The first-order chi connectivity index (χ1) is 12.1. The smallest absolute Gasteiger partial charge is 0.308 e. The van der Waals surface area contributed by atoms with Gasteiger partial charge in [-0.15, -0.1) is 0 Å². The van der Waals surface area contributed by atoms with E-state index in [-0.39, 0.29) is 10.5 Å². The summed E-state index contributed by atoms with van der Waals surface area (Å²) in [5, 5.41) is 23.0. The lowest BCUT2D eigenvalue weighted by Gasteiger charge is -2.23. The summed E-state index contributed by atoms with van der Waals surface area (Å²) in [4.78, 5) is 33.9. The Morgan fingerprint density at radius 3 is 2.42 bits per heavy atom. The Hall–Kier alpha value is -2.49. The lowest BCUT2D eigenvalue weighted by molar-refractivity contribution is -0.385. The van der Waals surface area contributed by atoms with Gasteiger partial charge in [0, 0.05) is 30.0 Å². The summed E-state index contributed by atoms with van der Waals surface area (Å²) in [6, 6.07) is 2.32. The molecule has 1 amide bonds. The second-order valence-electron chi connectivity index (χ2n) is 6.41. The van der Waals surface area contributed by atoms with E-state index in [0.29, 0.717) is 12.8 Å². The number of hydrogen-bond acceptors (Lipinski definition) is 6. The molecule has 0 unspecified atom stereocenters. The van der Waals surface area contributed by atoms with Crippen molar-refractivity contribution in [3.63, 3.8) is 0 Å². The Kier molecular flexibility index (Phi) is 5.96. The Labute approximate surface area is 150 Å². The molecule has 0 bridgehead atoms. The topological polar surface area (TPSA) is 144 Å². The van der Waals surface area contributed by atoms with Crippen molar-refractivity contribution in [3.8, 4) is 0 Å². The quantitative estimate of drug-likeness (QED) is 0.447. The van der Waals surface area contributed by atoms with Gasteiger partial charge in [-0.2, -0.15) is 0 Å². The van der Waals surface area contributed by atoms with Crippen molar-refractivity contribution in [2.24, 2.45) is 5.92 Å². The summed E-state index contributed by atoms with van der Waals surface area (Å²) in [7, 11) is -3.76. The largest absolute Gasteiger partial charge is 0.481 e. The summed E-state index contributed by atoms with van der Waals surface area (Å²) in [5.74, 6) is -2.47. The van der Waals surface area contributed by atoms with Crippen LogP contribution in [-0.4, -0.2) is 42.6 Å². The molecule has 1 fully saturated rings. The van der Waals surface area contributed by atoms with E-state index in [1.807, 2.05) is 0 Å². The molecule has 1 aromatic rings. The summed E-state index contributed by atoms with van der Waals surface area (Å²) in [6.07, 6.45) is 4.18. The van der Waals surface area contributed by atoms with Crippen molar-refractivity contribution in [1.82, 2.24) is 5.32 Å². The van der Waals surface area contributed by atoms with Crippen LogP contribution in [0.5, 0.6) is 0 Å². The summed E-state index contributed by atoms with van der Waals surface area (Å²) in [5.41, 5.74) is -0.707. The zero-order chi connectivity index (χ0) is 19.5. The Morgan fingerprint density at radius 1 is 1.19 bits per heavy atom. The van der Waals surface area contributed by atoms with Crippen LogP contribution in [0.1, 0.15) is 42.5 Å². The van der Waals surface area contributed by atoms with Crippen LogP contribution in [-0.2, 0) is 14.6 Å².